The molecule has 31 heavy (non-hydrogen) atoms. The number of tetrazole rings is 1. The molecule has 2 heterocycles. The van der Waals surface area contributed by atoms with E-state index in [-0.39, 0.29) is 11.6 Å². The van der Waals surface area contributed by atoms with Gasteiger partial charge in [0, 0.05) is 31.9 Å². The van der Waals surface area contributed by atoms with E-state index in [2.05, 4.69) is 88.6 Å². The molecule has 1 saturated heterocycles. The van der Waals surface area contributed by atoms with Crippen molar-refractivity contribution in [2.24, 2.45) is 0 Å². The minimum Gasteiger partial charge on any atom is -0.497 e. The fraction of sp³-hybridized carbons (Fsp3) is 0.458. The van der Waals surface area contributed by atoms with E-state index in [4.69, 9.17) is 4.74 Å². The maximum Gasteiger partial charge on any atom is 0.173 e. The molecule has 1 aliphatic rings. The van der Waals surface area contributed by atoms with Crippen LogP contribution in [0.3, 0.4) is 0 Å². The van der Waals surface area contributed by atoms with E-state index in [0.29, 0.717) is 0 Å². The van der Waals surface area contributed by atoms with Gasteiger partial charge in [0.25, 0.3) is 0 Å². The standard InChI is InChI=1S/C24H32N6O/c1-5-24(2,3)30-23(25-26-27-30)22(19-11-13-21(31-4)14-12-19)29-17-15-28(16-18-29)20-9-7-6-8-10-20/h6-14,22H,5,15-18H2,1-4H3/t22-/m0/s1. The van der Waals surface area contributed by atoms with E-state index in [1.807, 2.05) is 16.8 Å². The molecular formula is C24H32N6O. The second-order valence-electron chi connectivity index (χ2n) is 8.65. The van der Waals surface area contributed by atoms with E-state index in [9.17, 15) is 0 Å². The van der Waals surface area contributed by atoms with Gasteiger partial charge in [0.05, 0.1) is 18.7 Å². The zero-order valence-electron chi connectivity index (χ0n) is 18.9. The molecular weight excluding hydrogens is 388 g/mol. The molecule has 0 saturated carbocycles. The van der Waals surface area contributed by atoms with Crippen LogP contribution in [0.15, 0.2) is 54.6 Å². The highest BCUT2D eigenvalue weighted by molar-refractivity contribution is 5.46. The Bertz CT molecular complexity index is 961. The molecule has 0 aliphatic carbocycles. The van der Waals surface area contributed by atoms with Gasteiger partial charge < -0.3 is 9.64 Å². The molecule has 1 fully saturated rings. The Morgan fingerprint density at radius 1 is 0.968 bits per heavy atom. The van der Waals surface area contributed by atoms with Crippen LogP contribution in [0.1, 0.15) is 44.6 Å². The van der Waals surface area contributed by atoms with Gasteiger partial charge in [-0.1, -0.05) is 37.3 Å². The summed E-state index contributed by atoms with van der Waals surface area (Å²) in [5.41, 5.74) is 2.30. The summed E-state index contributed by atoms with van der Waals surface area (Å²) in [6.07, 6.45) is 0.947. The number of hydrogen-bond donors (Lipinski definition) is 0. The van der Waals surface area contributed by atoms with Crippen molar-refractivity contribution < 1.29 is 4.74 Å². The van der Waals surface area contributed by atoms with E-state index in [1.54, 1.807) is 7.11 Å². The Labute approximate surface area is 184 Å². The topological polar surface area (TPSA) is 59.3 Å². The van der Waals surface area contributed by atoms with Gasteiger partial charge in [-0.05, 0) is 60.5 Å². The van der Waals surface area contributed by atoms with E-state index in [0.717, 1.165) is 44.2 Å². The third-order valence-corrected chi connectivity index (χ3v) is 6.41. The van der Waals surface area contributed by atoms with Crippen LogP contribution in [0.25, 0.3) is 0 Å². The molecule has 0 amide bonds. The highest BCUT2D eigenvalue weighted by atomic mass is 16.5. The number of piperazine rings is 1. The van der Waals surface area contributed by atoms with Crippen molar-refractivity contribution in [1.82, 2.24) is 25.1 Å². The van der Waals surface area contributed by atoms with Crippen LogP contribution in [0.4, 0.5) is 5.69 Å². The van der Waals surface area contributed by atoms with Gasteiger partial charge >= 0.3 is 0 Å². The Hall–Kier alpha value is -2.93. The van der Waals surface area contributed by atoms with Gasteiger partial charge in [-0.3, -0.25) is 4.90 Å². The molecule has 4 rings (SSSR count). The van der Waals surface area contributed by atoms with E-state index in [1.165, 1.54) is 11.3 Å². The molecule has 0 unspecified atom stereocenters. The number of rotatable bonds is 7. The second-order valence-corrected chi connectivity index (χ2v) is 8.65. The Morgan fingerprint density at radius 2 is 1.65 bits per heavy atom. The van der Waals surface area contributed by atoms with Crippen molar-refractivity contribution in [3.05, 3.63) is 66.0 Å². The first-order valence-corrected chi connectivity index (χ1v) is 11.0. The number of aromatic nitrogens is 4. The summed E-state index contributed by atoms with van der Waals surface area (Å²) in [6, 6.07) is 18.9. The zero-order valence-corrected chi connectivity index (χ0v) is 18.9. The molecule has 0 bridgehead atoms. The Kier molecular flexibility index (Phi) is 6.23. The molecule has 164 valence electrons. The van der Waals surface area contributed by atoms with Crippen LogP contribution < -0.4 is 9.64 Å². The van der Waals surface area contributed by atoms with Gasteiger partial charge in [0.1, 0.15) is 5.75 Å². The second kappa shape index (κ2) is 9.06. The molecule has 0 radical (unpaired) electrons. The smallest absolute Gasteiger partial charge is 0.173 e. The maximum atomic E-state index is 5.38. The molecule has 0 spiro atoms. The third-order valence-electron chi connectivity index (χ3n) is 6.41. The predicted molar refractivity (Wildman–Crippen MR) is 122 cm³/mol. The summed E-state index contributed by atoms with van der Waals surface area (Å²) >= 11 is 0. The van der Waals surface area contributed by atoms with Crippen molar-refractivity contribution in [2.45, 2.75) is 38.8 Å². The van der Waals surface area contributed by atoms with Crippen molar-refractivity contribution in [3.63, 3.8) is 0 Å². The molecule has 7 nitrogen and oxygen atoms in total. The summed E-state index contributed by atoms with van der Waals surface area (Å²) in [5, 5.41) is 13.0. The lowest BCUT2D eigenvalue weighted by molar-refractivity contribution is 0.187. The summed E-state index contributed by atoms with van der Waals surface area (Å²) in [4.78, 5) is 4.94. The zero-order chi connectivity index (χ0) is 21.8. The first-order chi connectivity index (χ1) is 15.0. The first kappa shape index (κ1) is 21.3. The highest BCUT2D eigenvalue weighted by Gasteiger charge is 2.34. The quantitative estimate of drug-likeness (QED) is 0.580. The normalized spacial score (nSPS) is 16.3. The largest absolute Gasteiger partial charge is 0.497 e. The fourth-order valence-electron chi connectivity index (χ4n) is 4.13. The lowest BCUT2D eigenvalue weighted by Gasteiger charge is -2.40. The van der Waals surface area contributed by atoms with Crippen molar-refractivity contribution in [3.8, 4) is 5.75 Å². The Balaban J connectivity index is 1.65. The third kappa shape index (κ3) is 4.42. The van der Waals surface area contributed by atoms with E-state index < -0.39 is 0 Å². The van der Waals surface area contributed by atoms with Crippen molar-refractivity contribution >= 4 is 5.69 Å². The summed E-state index contributed by atoms with van der Waals surface area (Å²) in [5.74, 6) is 1.75. The van der Waals surface area contributed by atoms with Gasteiger partial charge in [-0.15, -0.1) is 5.10 Å². The Morgan fingerprint density at radius 3 is 2.26 bits per heavy atom. The highest BCUT2D eigenvalue weighted by Crippen LogP contribution is 2.32. The van der Waals surface area contributed by atoms with Crippen LogP contribution in [-0.4, -0.2) is 58.4 Å². The number of para-hydroxylation sites is 1. The number of nitrogens with zero attached hydrogens (tertiary/aromatic N) is 6. The average molecular weight is 421 g/mol. The molecule has 2 aromatic carbocycles. The van der Waals surface area contributed by atoms with Gasteiger partial charge in [-0.2, -0.15) is 0 Å². The summed E-state index contributed by atoms with van der Waals surface area (Å²) in [7, 11) is 1.69. The number of ether oxygens (including phenoxy) is 1. The van der Waals surface area contributed by atoms with Gasteiger partial charge in [0.15, 0.2) is 5.82 Å². The number of hydrogen-bond acceptors (Lipinski definition) is 6. The van der Waals surface area contributed by atoms with Crippen LogP contribution in [-0.2, 0) is 5.54 Å². The van der Waals surface area contributed by atoms with E-state index >= 15 is 0 Å². The van der Waals surface area contributed by atoms with Crippen molar-refractivity contribution in [2.75, 3.05) is 38.2 Å². The van der Waals surface area contributed by atoms with Crippen molar-refractivity contribution in [1.29, 1.82) is 0 Å². The maximum absolute atomic E-state index is 5.38. The monoisotopic (exact) mass is 420 g/mol. The first-order valence-electron chi connectivity index (χ1n) is 11.0. The minimum absolute atomic E-state index is 0.00958. The molecule has 1 aliphatic heterocycles. The SMILES string of the molecule is CCC(C)(C)n1nnnc1[C@H](c1ccc(OC)cc1)N1CCN(c2ccccc2)CC1. The van der Waals surface area contributed by atoms with Crippen LogP contribution in [0, 0.1) is 0 Å². The molecule has 0 N–H and O–H groups in total. The minimum atomic E-state index is -0.157. The summed E-state index contributed by atoms with van der Waals surface area (Å²) in [6.45, 7) is 10.4. The number of methoxy groups -OCH3 is 1. The summed E-state index contributed by atoms with van der Waals surface area (Å²) < 4.78 is 7.38. The van der Waals surface area contributed by atoms with Gasteiger partial charge in [-0.25, -0.2) is 4.68 Å². The van der Waals surface area contributed by atoms with Crippen LogP contribution in [0.2, 0.25) is 0 Å². The number of benzene rings is 2. The molecule has 7 heteroatoms. The van der Waals surface area contributed by atoms with Gasteiger partial charge in [0.2, 0.25) is 0 Å². The van der Waals surface area contributed by atoms with Crippen LogP contribution in [0.5, 0.6) is 5.75 Å². The average Bonchev–Trinajstić information content (AvgIpc) is 3.31. The molecule has 1 aromatic heterocycles. The lowest BCUT2D eigenvalue weighted by atomic mass is 9.99. The number of anilines is 1. The molecule has 3 aromatic rings. The molecule has 1 atom stereocenters. The lowest BCUT2D eigenvalue weighted by Crippen LogP contribution is -2.48. The van der Waals surface area contributed by atoms with Crippen LogP contribution >= 0.6 is 0 Å². The fourth-order valence-corrected chi connectivity index (χ4v) is 4.13. The predicted octanol–water partition coefficient (Wildman–Crippen LogP) is 3.74.